The fourth-order valence-electron chi connectivity index (χ4n) is 2.01. The Morgan fingerprint density at radius 1 is 0.909 bits per heavy atom. The van der Waals surface area contributed by atoms with Crippen LogP contribution in [0.1, 0.15) is 12.8 Å². The Balaban J connectivity index is 2.06. The Morgan fingerprint density at radius 2 is 1.50 bits per heavy atom. The first kappa shape index (κ1) is 15.6. The van der Waals surface area contributed by atoms with Crippen molar-refractivity contribution in [3.63, 3.8) is 0 Å². The fraction of sp³-hybridized carbons (Fsp3) is 0.176. The maximum absolute atomic E-state index is 11.1. The summed E-state index contributed by atoms with van der Waals surface area (Å²) in [6.45, 7) is 0. The molecule has 0 aliphatic rings. The van der Waals surface area contributed by atoms with Crippen LogP contribution in [-0.4, -0.2) is 28.3 Å². The van der Waals surface area contributed by atoms with Crippen LogP contribution in [-0.2, 0) is 9.59 Å². The monoisotopic (exact) mass is 300 g/mol. The van der Waals surface area contributed by atoms with Crippen LogP contribution in [0.2, 0.25) is 0 Å². The Hall–Kier alpha value is -2.82. The summed E-state index contributed by atoms with van der Waals surface area (Å²) in [6.07, 6.45) is -1.50. The van der Waals surface area contributed by atoms with Crippen molar-refractivity contribution in [3.05, 3.63) is 54.6 Å². The lowest BCUT2D eigenvalue weighted by atomic mass is 10.1. The van der Waals surface area contributed by atoms with Crippen molar-refractivity contribution in [1.82, 2.24) is 0 Å². The first-order valence-corrected chi connectivity index (χ1v) is 6.83. The van der Waals surface area contributed by atoms with E-state index in [4.69, 9.17) is 14.9 Å². The number of ether oxygens (including phenoxy) is 1. The maximum Gasteiger partial charge on any atom is 0.344 e. The van der Waals surface area contributed by atoms with Crippen LogP contribution in [0.4, 0.5) is 0 Å². The average Bonchev–Trinajstić information content (AvgIpc) is 2.52. The lowest BCUT2D eigenvalue weighted by Gasteiger charge is -2.14. The van der Waals surface area contributed by atoms with Gasteiger partial charge in [0.25, 0.3) is 0 Å². The third kappa shape index (κ3) is 4.34. The zero-order valence-corrected chi connectivity index (χ0v) is 11.8. The molecule has 0 fully saturated rings. The standard InChI is InChI=1S/C17H16O5/c18-16(19)11-10-15(17(20)21)22-14-8-6-13(7-9-14)12-4-2-1-3-5-12/h1-9,15H,10-11H2,(H,18,19)(H,20,21). The number of carboxylic acid groups (broad SMARTS) is 2. The summed E-state index contributed by atoms with van der Waals surface area (Å²) in [5.74, 6) is -1.82. The minimum absolute atomic E-state index is 0.0783. The van der Waals surface area contributed by atoms with E-state index in [0.29, 0.717) is 5.75 Å². The summed E-state index contributed by atoms with van der Waals surface area (Å²) in [7, 11) is 0. The molecule has 0 aromatic heterocycles. The molecule has 0 spiro atoms. The molecule has 0 saturated heterocycles. The lowest BCUT2D eigenvalue weighted by Crippen LogP contribution is -2.27. The lowest BCUT2D eigenvalue weighted by molar-refractivity contribution is -0.146. The molecular formula is C17H16O5. The van der Waals surface area contributed by atoms with Gasteiger partial charge in [0.05, 0.1) is 0 Å². The molecule has 1 atom stereocenters. The molecule has 0 heterocycles. The van der Waals surface area contributed by atoms with Crippen LogP contribution in [0, 0.1) is 0 Å². The quantitative estimate of drug-likeness (QED) is 0.821. The van der Waals surface area contributed by atoms with E-state index >= 15 is 0 Å². The largest absolute Gasteiger partial charge is 0.481 e. The molecule has 0 aliphatic carbocycles. The molecule has 2 aromatic carbocycles. The van der Waals surface area contributed by atoms with Crippen molar-refractivity contribution in [3.8, 4) is 16.9 Å². The van der Waals surface area contributed by atoms with Crippen LogP contribution < -0.4 is 4.74 Å². The van der Waals surface area contributed by atoms with Gasteiger partial charge in [0.2, 0.25) is 0 Å². The first-order chi connectivity index (χ1) is 10.6. The van der Waals surface area contributed by atoms with E-state index in [-0.39, 0.29) is 12.8 Å². The topological polar surface area (TPSA) is 83.8 Å². The minimum Gasteiger partial charge on any atom is -0.481 e. The molecule has 0 saturated carbocycles. The Morgan fingerprint density at radius 3 is 2.05 bits per heavy atom. The van der Waals surface area contributed by atoms with Gasteiger partial charge >= 0.3 is 11.9 Å². The van der Waals surface area contributed by atoms with E-state index in [1.807, 2.05) is 42.5 Å². The van der Waals surface area contributed by atoms with Gasteiger partial charge in [-0.15, -0.1) is 0 Å². The van der Waals surface area contributed by atoms with Gasteiger partial charge in [-0.05, 0) is 23.3 Å². The zero-order chi connectivity index (χ0) is 15.9. The van der Waals surface area contributed by atoms with Gasteiger partial charge in [-0.25, -0.2) is 4.79 Å². The molecule has 0 radical (unpaired) electrons. The molecule has 5 heteroatoms. The summed E-state index contributed by atoms with van der Waals surface area (Å²) < 4.78 is 5.35. The predicted molar refractivity (Wildman–Crippen MR) is 80.8 cm³/mol. The summed E-state index contributed by atoms with van der Waals surface area (Å²) in [5, 5.41) is 17.7. The molecule has 2 rings (SSSR count). The van der Waals surface area contributed by atoms with Crippen LogP contribution in [0.15, 0.2) is 54.6 Å². The second-order valence-corrected chi connectivity index (χ2v) is 4.77. The maximum atomic E-state index is 11.1. The van der Waals surface area contributed by atoms with Crippen molar-refractivity contribution in [2.45, 2.75) is 18.9 Å². The van der Waals surface area contributed by atoms with E-state index in [9.17, 15) is 9.59 Å². The second-order valence-electron chi connectivity index (χ2n) is 4.77. The highest BCUT2D eigenvalue weighted by molar-refractivity contribution is 5.74. The SMILES string of the molecule is O=C(O)CCC(Oc1ccc(-c2ccccc2)cc1)C(=O)O. The highest BCUT2D eigenvalue weighted by Gasteiger charge is 2.20. The summed E-state index contributed by atoms with van der Waals surface area (Å²) >= 11 is 0. The Bertz CT molecular complexity index is 634. The molecule has 2 aromatic rings. The number of hydrogen-bond donors (Lipinski definition) is 2. The molecule has 22 heavy (non-hydrogen) atoms. The molecule has 5 nitrogen and oxygen atoms in total. The average molecular weight is 300 g/mol. The third-order valence-electron chi connectivity index (χ3n) is 3.14. The molecular weight excluding hydrogens is 284 g/mol. The van der Waals surface area contributed by atoms with E-state index < -0.39 is 18.0 Å². The van der Waals surface area contributed by atoms with Gasteiger partial charge < -0.3 is 14.9 Å². The fourth-order valence-corrected chi connectivity index (χ4v) is 2.01. The first-order valence-electron chi connectivity index (χ1n) is 6.83. The van der Waals surface area contributed by atoms with Crippen molar-refractivity contribution < 1.29 is 24.5 Å². The van der Waals surface area contributed by atoms with Crippen molar-refractivity contribution in [2.24, 2.45) is 0 Å². The number of benzene rings is 2. The minimum atomic E-state index is -1.17. The van der Waals surface area contributed by atoms with Gasteiger partial charge in [-0.2, -0.15) is 0 Å². The van der Waals surface area contributed by atoms with Crippen molar-refractivity contribution >= 4 is 11.9 Å². The highest BCUT2D eigenvalue weighted by Crippen LogP contribution is 2.23. The number of hydrogen-bond acceptors (Lipinski definition) is 3. The summed E-state index contributed by atoms with van der Waals surface area (Å²) in [6, 6.07) is 16.8. The second kappa shape index (κ2) is 7.26. The Labute approximate surface area is 127 Å². The van der Waals surface area contributed by atoms with Gasteiger partial charge in [0.15, 0.2) is 6.10 Å². The van der Waals surface area contributed by atoms with Crippen LogP contribution in [0.3, 0.4) is 0 Å². The van der Waals surface area contributed by atoms with Crippen molar-refractivity contribution in [2.75, 3.05) is 0 Å². The van der Waals surface area contributed by atoms with Crippen molar-refractivity contribution in [1.29, 1.82) is 0 Å². The molecule has 2 N–H and O–H groups in total. The molecule has 0 amide bonds. The molecule has 114 valence electrons. The third-order valence-corrected chi connectivity index (χ3v) is 3.14. The molecule has 1 unspecified atom stereocenters. The van der Waals surface area contributed by atoms with E-state index in [1.54, 1.807) is 12.1 Å². The predicted octanol–water partition coefficient (Wildman–Crippen LogP) is 3.05. The van der Waals surface area contributed by atoms with E-state index in [0.717, 1.165) is 11.1 Å². The Kier molecular flexibility index (Phi) is 5.14. The van der Waals surface area contributed by atoms with Crippen LogP contribution in [0.5, 0.6) is 5.75 Å². The van der Waals surface area contributed by atoms with Gasteiger partial charge in [0, 0.05) is 12.8 Å². The number of aliphatic carboxylic acids is 2. The number of carboxylic acids is 2. The van der Waals surface area contributed by atoms with E-state index in [1.165, 1.54) is 0 Å². The summed E-state index contributed by atoms with van der Waals surface area (Å²) in [4.78, 5) is 21.6. The van der Waals surface area contributed by atoms with Gasteiger partial charge in [-0.1, -0.05) is 42.5 Å². The van der Waals surface area contributed by atoms with Crippen LogP contribution in [0.25, 0.3) is 11.1 Å². The smallest absolute Gasteiger partial charge is 0.344 e. The van der Waals surface area contributed by atoms with Crippen LogP contribution >= 0.6 is 0 Å². The number of rotatable bonds is 7. The van der Waals surface area contributed by atoms with Gasteiger partial charge in [0.1, 0.15) is 5.75 Å². The summed E-state index contributed by atoms with van der Waals surface area (Å²) in [5.41, 5.74) is 2.04. The normalized spacial score (nSPS) is 11.6. The zero-order valence-electron chi connectivity index (χ0n) is 11.8. The molecule has 0 bridgehead atoms. The molecule has 0 aliphatic heterocycles. The highest BCUT2D eigenvalue weighted by atomic mass is 16.5. The van der Waals surface area contributed by atoms with E-state index in [2.05, 4.69) is 0 Å². The number of carbonyl (C=O) groups is 2. The van der Waals surface area contributed by atoms with Gasteiger partial charge in [-0.3, -0.25) is 4.79 Å².